The highest BCUT2D eigenvalue weighted by molar-refractivity contribution is 7.99. The maximum atomic E-state index is 14.0. The van der Waals surface area contributed by atoms with E-state index in [0.29, 0.717) is 17.0 Å². The topological polar surface area (TPSA) is 56.1 Å². The van der Waals surface area contributed by atoms with E-state index in [1.807, 2.05) is 5.32 Å². The highest BCUT2D eigenvalue weighted by atomic mass is 32.2. The number of thioether (sulfide) groups is 1. The molecule has 1 heterocycles. The van der Waals surface area contributed by atoms with Gasteiger partial charge in [0.2, 0.25) is 0 Å². The fraction of sp³-hybridized carbons (Fsp3) is 0.231. The number of allylic oxidation sites excluding steroid dienone is 1. The molecule has 1 N–H and O–H groups in total. The van der Waals surface area contributed by atoms with Crippen molar-refractivity contribution in [2.45, 2.75) is 11.7 Å². The minimum absolute atomic E-state index is 0.266. The Balaban J connectivity index is 2.51. The van der Waals surface area contributed by atoms with Crippen molar-refractivity contribution >= 4 is 23.4 Å². The van der Waals surface area contributed by atoms with Crippen LogP contribution in [0.5, 0.6) is 0 Å². The molecular weight excluding hydrogens is 341 g/mol. The first-order valence-corrected chi connectivity index (χ1v) is 7.28. The number of alkyl halides is 3. The summed E-state index contributed by atoms with van der Waals surface area (Å²) < 4.78 is 65.8. The van der Waals surface area contributed by atoms with Gasteiger partial charge in [0.15, 0.2) is 5.50 Å². The first-order chi connectivity index (χ1) is 10.7. The fourth-order valence-electron chi connectivity index (χ4n) is 1.93. The van der Waals surface area contributed by atoms with E-state index in [2.05, 4.69) is 0 Å². The van der Waals surface area contributed by atoms with E-state index in [1.165, 1.54) is 12.3 Å². The van der Waals surface area contributed by atoms with Gasteiger partial charge >= 0.3 is 6.18 Å². The van der Waals surface area contributed by atoms with E-state index < -0.39 is 46.2 Å². The van der Waals surface area contributed by atoms with Crippen LogP contribution in [0, 0.1) is 23.0 Å². The molecule has 23 heavy (non-hydrogen) atoms. The monoisotopic (exact) mass is 349 g/mol. The van der Waals surface area contributed by atoms with Crippen molar-refractivity contribution in [3.05, 3.63) is 41.1 Å². The van der Waals surface area contributed by atoms with Gasteiger partial charge in [-0.05, 0) is 12.3 Å². The van der Waals surface area contributed by atoms with Crippen LogP contribution in [0.2, 0.25) is 0 Å². The summed E-state index contributed by atoms with van der Waals surface area (Å²) in [6.07, 6.45) is -3.11. The predicted octanol–water partition coefficient (Wildman–Crippen LogP) is 2.87. The zero-order valence-corrected chi connectivity index (χ0v) is 12.2. The minimum atomic E-state index is -4.77. The molecule has 0 bridgehead atoms. The van der Waals surface area contributed by atoms with Gasteiger partial charge in [0.05, 0.1) is 11.3 Å². The molecule has 0 fully saturated rings. The van der Waals surface area contributed by atoms with Gasteiger partial charge in [-0.1, -0.05) is 0 Å². The number of carbonyl (C=O) groups excluding carboxylic acids is 1. The number of halogens is 5. The molecule has 0 radical (unpaired) electrons. The molecule has 4 nitrogen and oxygen atoms in total. The van der Waals surface area contributed by atoms with Crippen molar-refractivity contribution in [1.82, 2.24) is 5.32 Å². The summed E-state index contributed by atoms with van der Waals surface area (Å²) in [7, 11) is 0. The molecule has 1 aromatic carbocycles. The Morgan fingerprint density at radius 3 is 2.48 bits per heavy atom. The van der Waals surface area contributed by atoms with Gasteiger partial charge in [-0.3, -0.25) is 9.69 Å². The molecule has 0 saturated carbocycles. The van der Waals surface area contributed by atoms with E-state index in [4.69, 9.17) is 5.26 Å². The van der Waals surface area contributed by atoms with Gasteiger partial charge in [-0.2, -0.15) is 18.4 Å². The number of hydrogen-bond donors (Lipinski definition) is 1. The number of nitrogens with zero attached hydrogens (tertiary/aromatic N) is 2. The fourth-order valence-corrected chi connectivity index (χ4v) is 2.60. The number of amides is 1. The van der Waals surface area contributed by atoms with Gasteiger partial charge in [-0.25, -0.2) is 8.78 Å². The van der Waals surface area contributed by atoms with Crippen LogP contribution in [0.15, 0.2) is 23.9 Å². The normalized spacial score (nSPS) is 18.3. The number of carbonyl (C=O) groups is 1. The third-order valence-corrected chi connectivity index (χ3v) is 3.74. The average molecular weight is 349 g/mol. The Morgan fingerprint density at radius 2 is 1.96 bits per heavy atom. The Labute approximate surface area is 131 Å². The van der Waals surface area contributed by atoms with E-state index in [0.717, 1.165) is 11.8 Å². The maximum Gasteiger partial charge on any atom is 0.431 e. The molecule has 2 rings (SSSR count). The predicted molar refractivity (Wildman–Crippen MR) is 73.1 cm³/mol. The van der Waals surface area contributed by atoms with E-state index in [1.54, 1.807) is 0 Å². The molecule has 10 heteroatoms. The van der Waals surface area contributed by atoms with Crippen molar-refractivity contribution < 1.29 is 26.7 Å². The Kier molecular flexibility index (Phi) is 4.51. The molecule has 0 aromatic heterocycles. The summed E-state index contributed by atoms with van der Waals surface area (Å²) in [6, 6.07) is 2.61. The number of rotatable bonds is 2. The lowest BCUT2D eigenvalue weighted by atomic mass is 10.1. The molecule has 1 aliphatic heterocycles. The summed E-state index contributed by atoms with van der Waals surface area (Å²) in [6.45, 7) is 0. The SMILES string of the molecule is CSC1NC(C(F)(F)F)=CC(=O)N1c1cc(F)c(C#N)cc1F. The Morgan fingerprint density at radius 1 is 1.30 bits per heavy atom. The second-order valence-electron chi connectivity index (χ2n) is 4.39. The van der Waals surface area contributed by atoms with Gasteiger partial charge in [0.25, 0.3) is 5.91 Å². The molecule has 1 atom stereocenters. The third-order valence-electron chi connectivity index (χ3n) is 2.96. The van der Waals surface area contributed by atoms with E-state index >= 15 is 0 Å². The minimum Gasteiger partial charge on any atom is -0.352 e. The number of anilines is 1. The highest BCUT2D eigenvalue weighted by Gasteiger charge is 2.41. The highest BCUT2D eigenvalue weighted by Crippen LogP contribution is 2.33. The average Bonchev–Trinajstić information content (AvgIpc) is 2.47. The summed E-state index contributed by atoms with van der Waals surface area (Å²) in [5, 5.41) is 10.7. The van der Waals surface area contributed by atoms with Crippen LogP contribution in [-0.2, 0) is 4.79 Å². The first kappa shape index (κ1) is 17.1. The van der Waals surface area contributed by atoms with Crippen LogP contribution in [0.3, 0.4) is 0 Å². The maximum absolute atomic E-state index is 14.0. The number of benzene rings is 1. The summed E-state index contributed by atoms with van der Waals surface area (Å²) in [4.78, 5) is 12.6. The molecule has 1 amide bonds. The standard InChI is InChI=1S/C13H8F5N3OS/c1-23-12-20-10(13(16,17)18)4-11(22)21(12)9-3-7(14)6(5-19)2-8(9)15/h2-4,12,20H,1H3. The lowest BCUT2D eigenvalue weighted by Gasteiger charge is -2.35. The second-order valence-corrected chi connectivity index (χ2v) is 5.31. The molecule has 1 unspecified atom stereocenters. The zero-order valence-electron chi connectivity index (χ0n) is 11.4. The number of hydrogen-bond acceptors (Lipinski definition) is 4. The van der Waals surface area contributed by atoms with E-state index in [-0.39, 0.29) is 6.08 Å². The second kappa shape index (κ2) is 6.08. The van der Waals surface area contributed by atoms with Crippen molar-refractivity contribution in [3.8, 4) is 6.07 Å². The largest absolute Gasteiger partial charge is 0.431 e. The van der Waals surface area contributed by atoms with Gasteiger partial charge in [-0.15, -0.1) is 11.8 Å². The molecule has 0 saturated heterocycles. The van der Waals surface area contributed by atoms with Crippen LogP contribution < -0.4 is 10.2 Å². The lowest BCUT2D eigenvalue weighted by Crippen LogP contribution is -2.52. The zero-order chi connectivity index (χ0) is 17.4. The Hall–Kier alpha value is -2.28. The molecule has 1 aromatic rings. The lowest BCUT2D eigenvalue weighted by molar-refractivity contribution is -0.118. The van der Waals surface area contributed by atoms with Crippen LogP contribution in [-0.4, -0.2) is 23.8 Å². The van der Waals surface area contributed by atoms with Crippen LogP contribution in [0.1, 0.15) is 5.56 Å². The van der Waals surface area contributed by atoms with Gasteiger partial charge < -0.3 is 5.32 Å². The third kappa shape index (κ3) is 3.24. The summed E-state index contributed by atoms with van der Waals surface area (Å²) in [5.74, 6) is -3.33. The molecule has 122 valence electrons. The molecule has 1 aliphatic rings. The first-order valence-electron chi connectivity index (χ1n) is 5.99. The van der Waals surface area contributed by atoms with Crippen LogP contribution in [0.25, 0.3) is 0 Å². The van der Waals surface area contributed by atoms with Gasteiger partial charge in [0.1, 0.15) is 23.4 Å². The number of nitrogens with one attached hydrogen (secondary N) is 1. The summed E-state index contributed by atoms with van der Waals surface area (Å²) in [5.41, 5.74) is -3.69. The van der Waals surface area contributed by atoms with Crippen molar-refractivity contribution in [2.75, 3.05) is 11.2 Å². The Bertz CT molecular complexity index is 726. The molecular formula is C13H8F5N3OS. The quantitative estimate of drug-likeness (QED) is 0.835. The van der Waals surface area contributed by atoms with Crippen LogP contribution >= 0.6 is 11.8 Å². The summed E-state index contributed by atoms with van der Waals surface area (Å²) >= 11 is 0.796. The van der Waals surface area contributed by atoms with E-state index in [9.17, 15) is 26.7 Å². The van der Waals surface area contributed by atoms with Crippen LogP contribution in [0.4, 0.5) is 27.6 Å². The smallest absolute Gasteiger partial charge is 0.352 e. The number of nitriles is 1. The molecule has 0 aliphatic carbocycles. The molecule has 0 spiro atoms. The van der Waals surface area contributed by atoms with Crippen molar-refractivity contribution in [3.63, 3.8) is 0 Å². The van der Waals surface area contributed by atoms with Crippen molar-refractivity contribution in [1.29, 1.82) is 5.26 Å². The van der Waals surface area contributed by atoms with Crippen molar-refractivity contribution in [2.24, 2.45) is 0 Å². The van der Waals surface area contributed by atoms with Gasteiger partial charge in [0, 0.05) is 12.1 Å².